The molecule has 3 aromatic carbocycles. The summed E-state index contributed by atoms with van der Waals surface area (Å²) in [4.78, 5) is 6.36. The molecule has 0 aliphatic carbocycles. The number of nitrogens with one attached hydrogen (secondary N) is 2. The van der Waals surface area contributed by atoms with Crippen LogP contribution < -0.4 is 0 Å². The SMILES string of the molecule is Cc1cc(C)cc(C2c3[nH]c4ccccc4c3CCN2Cc2cccc(-c3nn[nH]n3)c2)c1. The molecule has 6 rings (SSSR count). The highest BCUT2D eigenvalue weighted by atomic mass is 15.5. The Hall–Kier alpha value is -3.77. The fourth-order valence-electron chi connectivity index (χ4n) is 5.33. The highest BCUT2D eigenvalue weighted by molar-refractivity contribution is 5.85. The van der Waals surface area contributed by atoms with E-state index >= 15 is 0 Å². The van der Waals surface area contributed by atoms with E-state index in [0.717, 1.165) is 25.1 Å². The number of aromatic nitrogens is 5. The lowest BCUT2D eigenvalue weighted by atomic mass is 9.90. The molecule has 0 amide bonds. The second kappa shape index (κ2) is 7.98. The summed E-state index contributed by atoms with van der Waals surface area (Å²) in [6.45, 7) is 6.21. The van der Waals surface area contributed by atoms with E-state index in [1.807, 2.05) is 6.07 Å². The van der Waals surface area contributed by atoms with Crippen molar-refractivity contribution in [3.63, 3.8) is 0 Å². The van der Waals surface area contributed by atoms with Gasteiger partial charge in [-0.05, 0) is 54.3 Å². The summed E-state index contributed by atoms with van der Waals surface area (Å²) in [5.41, 5.74) is 10.2. The fraction of sp³-hybridized carbons (Fsp3) is 0.222. The van der Waals surface area contributed by atoms with Crippen molar-refractivity contribution in [3.8, 4) is 11.4 Å². The van der Waals surface area contributed by atoms with Gasteiger partial charge in [0, 0.05) is 35.2 Å². The summed E-state index contributed by atoms with van der Waals surface area (Å²) in [5.74, 6) is 0.624. The van der Waals surface area contributed by atoms with Crippen LogP contribution in [0.5, 0.6) is 0 Å². The molecule has 1 aliphatic heterocycles. The minimum Gasteiger partial charge on any atom is -0.357 e. The summed E-state index contributed by atoms with van der Waals surface area (Å²) in [6, 6.07) is 24.2. The first-order valence-electron chi connectivity index (χ1n) is 11.4. The number of aromatic amines is 2. The van der Waals surface area contributed by atoms with Crippen LogP contribution in [0.4, 0.5) is 0 Å². The third-order valence-corrected chi connectivity index (χ3v) is 6.61. The zero-order valence-corrected chi connectivity index (χ0v) is 18.8. The summed E-state index contributed by atoms with van der Waals surface area (Å²) < 4.78 is 0. The van der Waals surface area contributed by atoms with Crippen LogP contribution in [0, 0.1) is 13.8 Å². The quantitative estimate of drug-likeness (QED) is 0.412. The molecular weight excluding hydrogens is 408 g/mol. The second-order valence-corrected chi connectivity index (χ2v) is 9.04. The number of aryl methyl sites for hydroxylation is 2. The highest BCUT2D eigenvalue weighted by Crippen LogP contribution is 2.39. The number of hydrogen-bond acceptors (Lipinski definition) is 4. The van der Waals surface area contributed by atoms with Crippen LogP contribution in [0.25, 0.3) is 22.3 Å². The second-order valence-electron chi connectivity index (χ2n) is 9.04. The van der Waals surface area contributed by atoms with E-state index in [4.69, 9.17) is 0 Å². The van der Waals surface area contributed by atoms with Crippen LogP contribution in [0.15, 0.2) is 66.7 Å². The topological polar surface area (TPSA) is 73.5 Å². The van der Waals surface area contributed by atoms with Crippen molar-refractivity contribution >= 4 is 10.9 Å². The summed E-state index contributed by atoms with van der Waals surface area (Å²) in [5, 5.41) is 15.9. The van der Waals surface area contributed by atoms with Crippen LogP contribution in [0.3, 0.4) is 0 Å². The molecule has 3 heterocycles. The number of hydrogen-bond donors (Lipinski definition) is 2. The van der Waals surface area contributed by atoms with Gasteiger partial charge >= 0.3 is 0 Å². The Labute approximate surface area is 192 Å². The number of rotatable bonds is 4. The van der Waals surface area contributed by atoms with E-state index < -0.39 is 0 Å². The standard InChI is InChI=1S/C27H26N6/c1-17-12-18(2)14-21(13-17)26-25-23(22-8-3-4-9-24(22)28-25)10-11-33(26)16-19-6-5-7-20(15-19)27-29-31-32-30-27/h3-9,12-15,26,28H,10-11,16H2,1-2H3,(H,29,30,31,32). The van der Waals surface area contributed by atoms with Gasteiger partial charge in [0.05, 0.1) is 6.04 Å². The Morgan fingerprint density at radius 3 is 2.64 bits per heavy atom. The average molecular weight is 435 g/mol. The van der Waals surface area contributed by atoms with E-state index in [-0.39, 0.29) is 6.04 Å². The zero-order valence-electron chi connectivity index (χ0n) is 18.8. The molecule has 0 radical (unpaired) electrons. The largest absolute Gasteiger partial charge is 0.357 e. The van der Waals surface area contributed by atoms with E-state index in [0.29, 0.717) is 5.82 Å². The van der Waals surface area contributed by atoms with Crippen molar-refractivity contribution < 1.29 is 0 Å². The first-order valence-corrected chi connectivity index (χ1v) is 11.4. The molecule has 2 N–H and O–H groups in total. The first kappa shape index (κ1) is 19.9. The fourth-order valence-corrected chi connectivity index (χ4v) is 5.33. The van der Waals surface area contributed by atoms with Crippen molar-refractivity contribution in [1.29, 1.82) is 0 Å². The lowest BCUT2D eigenvalue weighted by Crippen LogP contribution is -2.35. The molecule has 0 saturated heterocycles. The molecule has 1 aliphatic rings. The van der Waals surface area contributed by atoms with E-state index in [1.54, 1.807) is 0 Å². The Kier molecular flexibility index (Phi) is 4.80. The maximum atomic E-state index is 4.14. The van der Waals surface area contributed by atoms with Crippen molar-refractivity contribution in [3.05, 3.63) is 100 Å². The van der Waals surface area contributed by atoms with Gasteiger partial charge in [-0.15, -0.1) is 10.2 Å². The molecule has 6 nitrogen and oxygen atoms in total. The van der Waals surface area contributed by atoms with Crippen molar-refractivity contribution in [2.24, 2.45) is 0 Å². The lowest BCUT2D eigenvalue weighted by molar-refractivity contribution is 0.202. The maximum Gasteiger partial charge on any atom is 0.204 e. The molecule has 0 saturated carbocycles. The molecule has 5 aromatic rings. The van der Waals surface area contributed by atoms with Gasteiger partial charge in [-0.1, -0.05) is 65.7 Å². The molecule has 6 heteroatoms. The molecule has 33 heavy (non-hydrogen) atoms. The summed E-state index contributed by atoms with van der Waals surface area (Å²) in [7, 11) is 0. The van der Waals surface area contributed by atoms with E-state index in [1.165, 1.54) is 44.4 Å². The molecule has 164 valence electrons. The molecule has 2 aromatic heterocycles. The molecule has 0 bridgehead atoms. The van der Waals surface area contributed by atoms with Crippen molar-refractivity contribution in [2.75, 3.05) is 6.54 Å². The van der Waals surface area contributed by atoms with Gasteiger partial charge < -0.3 is 4.98 Å². The van der Waals surface area contributed by atoms with Crippen LogP contribution >= 0.6 is 0 Å². The monoisotopic (exact) mass is 434 g/mol. The Morgan fingerprint density at radius 2 is 1.82 bits per heavy atom. The van der Waals surface area contributed by atoms with E-state index in [9.17, 15) is 0 Å². The number of fused-ring (bicyclic) bond motifs is 3. The number of benzene rings is 3. The van der Waals surface area contributed by atoms with Crippen LogP contribution in [-0.4, -0.2) is 37.1 Å². The Bertz CT molecular complexity index is 1410. The maximum absolute atomic E-state index is 4.14. The minimum atomic E-state index is 0.175. The van der Waals surface area contributed by atoms with Crippen LogP contribution in [-0.2, 0) is 13.0 Å². The number of para-hydroxylation sites is 1. The van der Waals surface area contributed by atoms with Gasteiger partial charge in [-0.2, -0.15) is 5.21 Å². The van der Waals surface area contributed by atoms with Crippen LogP contribution in [0.2, 0.25) is 0 Å². The Balaban J connectivity index is 1.44. The van der Waals surface area contributed by atoms with Gasteiger partial charge in [0.2, 0.25) is 5.82 Å². The van der Waals surface area contributed by atoms with Crippen LogP contribution in [0.1, 0.15) is 39.6 Å². The number of nitrogens with zero attached hydrogens (tertiary/aromatic N) is 4. The van der Waals surface area contributed by atoms with Gasteiger partial charge in [0.1, 0.15) is 0 Å². The summed E-state index contributed by atoms with van der Waals surface area (Å²) >= 11 is 0. The predicted molar refractivity (Wildman–Crippen MR) is 130 cm³/mol. The van der Waals surface area contributed by atoms with Gasteiger partial charge in [-0.3, -0.25) is 4.90 Å². The first-order chi connectivity index (χ1) is 16.2. The molecule has 1 atom stereocenters. The van der Waals surface area contributed by atoms with Gasteiger partial charge in [-0.25, -0.2) is 0 Å². The minimum absolute atomic E-state index is 0.175. The smallest absolute Gasteiger partial charge is 0.204 e. The number of H-pyrrole nitrogens is 2. The highest BCUT2D eigenvalue weighted by Gasteiger charge is 2.32. The van der Waals surface area contributed by atoms with Gasteiger partial charge in [0.15, 0.2) is 0 Å². The van der Waals surface area contributed by atoms with E-state index in [2.05, 4.69) is 105 Å². The third-order valence-electron chi connectivity index (χ3n) is 6.61. The molecule has 1 unspecified atom stereocenters. The summed E-state index contributed by atoms with van der Waals surface area (Å²) in [6.07, 6.45) is 1.03. The number of tetrazole rings is 1. The van der Waals surface area contributed by atoms with Crippen molar-refractivity contribution in [1.82, 2.24) is 30.5 Å². The zero-order chi connectivity index (χ0) is 22.4. The normalized spacial score (nSPS) is 16.2. The third kappa shape index (κ3) is 3.62. The molecule has 0 fully saturated rings. The van der Waals surface area contributed by atoms with Gasteiger partial charge in [0.25, 0.3) is 0 Å². The Morgan fingerprint density at radius 1 is 0.970 bits per heavy atom. The predicted octanol–water partition coefficient (Wildman–Crippen LogP) is 5.11. The average Bonchev–Trinajstić information content (AvgIpc) is 3.47. The molecular formula is C27H26N6. The molecule has 0 spiro atoms. The van der Waals surface area contributed by atoms with Crippen molar-refractivity contribution in [2.45, 2.75) is 32.9 Å². The lowest BCUT2D eigenvalue weighted by Gasteiger charge is -2.36.